The lowest BCUT2D eigenvalue weighted by Crippen LogP contribution is -2.19. The van der Waals surface area contributed by atoms with E-state index in [-0.39, 0.29) is 8.07 Å². The van der Waals surface area contributed by atoms with Crippen molar-refractivity contribution in [2.24, 2.45) is 0 Å². The van der Waals surface area contributed by atoms with E-state index in [1.165, 1.54) is 10.6 Å². The van der Waals surface area contributed by atoms with E-state index in [2.05, 4.69) is 78.9 Å². The highest BCUT2D eigenvalue weighted by molar-refractivity contribution is 7.79. The molecule has 0 atom stereocenters. The maximum Gasteiger partial charge on any atom is 0.0289 e. The molecule has 0 aliphatic carbocycles. The molecule has 88 valence electrons. The minimum atomic E-state index is -0.412. The van der Waals surface area contributed by atoms with E-state index in [1.54, 1.807) is 0 Å². The summed E-state index contributed by atoms with van der Waals surface area (Å²) in [6, 6.07) is 21.5. The second kappa shape index (κ2) is 6.26. The standard InChI is InChI=1S/C14H17NP2/c1-16(2)15-17(13-9-5-3-6-10-13)14-11-7-4-8-12-14/h3-12,15H,1-2H3. The Balaban J connectivity index is 2.32. The van der Waals surface area contributed by atoms with Crippen LogP contribution in [0.2, 0.25) is 0 Å². The van der Waals surface area contributed by atoms with Crippen molar-refractivity contribution >= 4 is 26.8 Å². The smallest absolute Gasteiger partial charge is 0.0289 e. The second-order valence-corrected chi connectivity index (χ2v) is 8.29. The first-order valence-corrected chi connectivity index (χ1v) is 9.19. The maximum absolute atomic E-state index is 3.74. The average molecular weight is 261 g/mol. The van der Waals surface area contributed by atoms with Crippen LogP contribution in [0, 0.1) is 0 Å². The van der Waals surface area contributed by atoms with Crippen LogP contribution in [0.25, 0.3) is 0 Å². The van der Waals surface area contributed by atoms with E-state index in [0.717, 1.165) is 0 Å². The number of benzene rings is 2. The van der Waals surface area contributed by atoms with Gasteiger partial charge in [0.2, 0.25) is 0 Å². The Morgan fingerprint density at radius 2 is 1.12 bits per heavy atom. The molecule has 0 saturated heterocycles. The van der Waals surface area contributed by atoms with Gasteiger partial charge in [0, 0.05) is 8.07 Å². The first-order valence-electron chi connectivity index (χ1n) is 5.61. The fourth-order valence-electron chi connectivity index (χ4n) is 1.62. The van der Waals surface area contributed by atoms with Crippen LogP contribution in [0.3, 0.4) is 0 Å². The first kappa shape index (κ1) is 12.7. The summed E-state index contributed by atoms with van der Waals surface area (Å²) in [5.74, 6) is 0. The van der Waals surface area contributed by atoms with Gasteiger partial charge in [-0.15, -0.1) is 0 Å². The number of nitrogens with one attached hydrogen (secondary N) is 1. The number of hydrogen-bond donors (Lipinski definition) is 1. The van der Waals surface area contributed by atoms with Gasteiger partial charge < -0.3 is 0 Å². The summed E-state index contributed by atoms with van der Waals surface area (Å²) in [5.41, 5.74) is 0. The van der Waals surface area contributed by atoms with Crippen molar-refractivity contribution < 1.29 is 0 Å². The highest BCUT2D eigenvalue weighted by Gasteiger charge is 2.13. The summed E-state index contributed by atoms with van der Waals surface area (Å²) < 4.78 is 0. The van der Waals surface area contributed by atoms with Gasteiger partial charge in [0.15, 0.2) is 0 Å². The van der Waals surface area contributed by atoms with Crippen molar-refractivity contribution in [3.8, 4) is 0 Å². The van der Waals surface area contributed by atoms with Gasteiger partial charge >= 0.3 is 0 Å². The molecule has 0 aliphatic heterocycles. The van der Waals surface area contributed by atoms with Crippen molar-refractivity contribution in [2.75, 3.05) is 13.3 Å². The number of rotatable bonds is 4. The molecule has 0 saturated carbocycles. The molecule has 0 radical (unpaired) electrons. The summed E-state index contributed by atoms with van der Waals surface area (Å²) in [6.45, 7) is 4.52. The molecule has 2 aromatic carbocycles. The van der Waals surface area contributed by atoms with Crippen molar-refractivity contribution in [3.63, 3.8) is 0 Å². The highest BCUT2D eigenvalue weighted by Crippen LogP contribution is 2.38. The van der Waals surface area contributed by atoms with Crippen LogP contribution in [0.1, 0.15) is 0 Å². The van der Waals surface area contributed by atoms with Gasteiger partial charge in [-0.25, -0.2) is 0 Å². The summed E-state index contributed by atoms with van der Waals surface area (Å²) in [4.78, 5) is 3.74. The topological polar surface area (TPSA) is 12.0 Å². The molecule has 1 N–H and O–H groups in total. The predicted octanol–water partition coefficient (Wildman–Crippen LogP) is 3.28. The van der Waals surface area contributed by atoms with Crippen LogP contribution >= 0.6 is 16.1 Å². The van der Waals surface area contributed by atoms with Crippen LogP contribution in [0.4, 0.5) is 0 Å². The monoisotopic (exact) mass is 261 g/mol. The molecular weight excluding hydrogens is 244 g/mol. The lowest BCUT2D eigenvalue weighted by atomic mass is 10.4. The molecule has 0 fully saturated rings. The van der Waals surface area contributed by atoms with E-state index in [1.807, 2.05) is 0 Å². The van der Waals surface area contributed by atoms with Crippen LogP contribution in [-0.4, -0.2) is 13.3 Å². The van der Waals surface area contributed by atoms with E-state index in [0.29, 0.717) is 0 Å². The van der Waals surface area contributed by atoms with Crippen molar-refractivity contribution in [1.29, 1.82) is 0 Å². The molecule has 0 amide bonds. The molecule has 3 heteroatoms. The fraction of sp³-hybridized carbons (Fsp3) is 0.143. The molecule has 0 spiro atoms. The molecule has 17 heavy (non-hydrogen) atoms. The van der Waals surface area contributed by atoms with Crippen LogP contribution in [0.15, 0.2) is 60.7 Å². The summed E-state index contributed by atoms with van der Waals surface area (Å²) >= 11 is 0. The van der Waals surface area contributed by atoms with Gasteiger partial charge in [-0.05, 0) is 32.0 Å². The van der Waals surface area contributed by atoms with Crippen molar-refractivity contribution in [3.05, 3.63) is 60.7 Å². The summed E-state index contributed by atoms with van der Waals surface area (Å²) in [6.07, 6.45) is 0. The van der Waals surface area contributed by atoms with E-state index in [9.17, 15) is 0 Å². The molecular formula is C14H17NP2. The minimum absolute atomic E-state index is 0.108. The number of hydrogen-bond acceptors (Lipinski definition) is 1. The molecule has 0 aliphatic rings. The molecule has 0 unspecified atom stereocenters. The third-order valence-electron chi connectivity index (χ3n) is 2.33. The molecule has 0 heterocycles. The van der Waals surface area contributed by atoms with Crippen LogP contribution < -0.4 is 15.5 Å². The van der Waals surface area contributed by atoms with Gasteiger partial charge in [-0.1, -0.05) is 60.7 Å². The van der Waals surface area contributed by atoms with Crippen LogP contribution in [0.5, 0.6) is 0 Å². The summed E-state index contributed by atoms with van der Waals surface area (Å²) in [5, 5.41) is 2.79. The van der Waals surface area contributed by atoms with Gasteiger partial charge in [-0.2, -0.15) is 0 Å². The normalized spacial score (nSPS) is 11.1. The zero-order valence-electron chi connectivity index (χ0n) is 10.2. The maximum atomic E-state index is 3.74. The fourth-order valence-corrected chi connectivity index (χ4v) is 5.38. The lowest BCUT2D eigenvalue weighted by molar-refractivity contribution is 1.61. The van der Waals surface area contributed by atoms with Gasteiger partial charge in [0.1, 0.15) is 0 Å². The molecule has 2 rings (SSSR count). The Morgan fingerprint density at radius 1 is 0.706 bits per heavy atom. The van der Waals surface area contributed by atoms with Crippen LogP contribution in [-0.2, 0) is 0 Å². The predicted molar refractivity (Wildman–Crippen MR) is 81.0 cm³/mol. The Kier molecular flexibility index (Phi) is 4.68. The minimum Gasteiger partial charge on any atom is -0.267 e. The third-order valence-corrected chi connectivity index (χ3v) is 6.36. The third kappa shape index (κ3) is 3.61. The van der Waals surface area contributed by atoms with E-state index in [4.69, 9.17) is 0 Å². The molecule has 2 aromatic rings. The van der Waals surface area contributed by atoms with Crippen molar-refractivity contribution in [1.82, 2.24) is 4.86 Å². The Bertz CT molecular complexity index is 403. The Hall–Kier alpha value is -0.740. The largest absolute Gasteiger partial charge is 0.267 e. The molecule has 1 nitrogen and oxygen atoms in total. The Labute approximate surface area is 106 Å². The zero-order valence-corrected chi connectivity index (χ0v) is 12.0. The second-order valence-electron chi connectivity index (χ2n) is 4.00. The molecule has 0 aromatic heterocycles. The zero-order chi connectivity index (χ0) is 12.1. The lowest BCUT2D eigenvalue weighted by Gasteiger charge is -2.22. The highest BCUT2D eigenvalue weighted by atomic mass is 31.2. The van der Waals surface area contributed by atoms with E-state index < -0.39 is 8.07 Å². The average Bonchev–Trinajstić information content (AvgIpc) is 2.38. The van der Waals surface area contributed by atoms with Gasteiger partial charge in [-0.3, -0.25) is 4.86 Å². The first-order chi connectivity index (χ1) is 8.27. The van der Waals surface area contributed by atoms with Gasteiger partial charge in [0.25, 0.3) is 0 Å². The SMILES string of the molecule is CP(C)NP(c1ccccc1)c1ccccc1. The molecule has 0 bridgehead atoms. The Morgan fingerprint density at radius 3 is 1.47 bits per heavy atom. The van der Waals surface area contributed by atoms with E-state index >= 15 is 0 Å². The quantitative estimate of drug-likeness (QED) is 0.833. The van der Waals surface area contributed by atoms with Crippen molar-refractivity contribution in [2.45, 2.75) is 0 Å². The summed E-state index contributed by atoms with van der Waals surface area (Å²) in [7, 11) is -0.520. The van der Waals surface area contributed by atoms with Gasteiger partial charge in [0.05, 0.1) is 0 Å².